The first kappa shape index (κ1) is 69.1. The molecular weight excluding hydrogens is 1360 g/mol. The van der Waals surface area contributed by atoms with E-state index in [2.05, 4.69) is 208 Å². The molecule has 11 heterocycles. The fourth-order valence-electron chi connectivity index (χ4n) is 16.4. The van der Waals surface area contributed by atoms with E-state index in [4.69, 9.17) is 47.5 Å². The lowest BCUT2D eigenvalue weighted by Crippen LogP contribution is -2.34. The molecule has 0 atom stereocenters. The molecule has 3 aliphatic heterocycles. The third-order valence-corrected chi connectivity index (χ3v) is 23.0. The molecular formula is C92H87N17O. The molecule has 5 N–H and O–H groups in total. The molecule has 0 radical (unpaired) electrons. The Bertz CT molecular complexity index is 5730. The van der Waals surface area contributed by atoms with Gasteiger partial charge in [0.05, 0.1) is 40.7 Å². The van der Waals surface area contributed by atoms with E-state index >= 15 is 0 Å². The second kappa shape index (κ2) is 30.2. The first-order valence-electron chi connectivity index (χ1n) is 38.8. The number of hydrogen-bond donors (Lipinski definition) is 5. The Morgan fingerprint density at radius 1 is 0.400 bits per heavy atom. The van der Waals surface area contributed by atoms with Gasteiger partial charge in [0.1, 0.15) is 71.0 Å². The van der Waals surface area contributed by atoms with Crippen LogP contribution in [0.1, 0.15) is 162 Å². The van der Waals surface area contributed by atoms with E-state index in [1.165, 1.54) is 70.5 Å². The zero-order valence-electron chi connectivity index (χ0n) is 62.3. The van der Waals surface area contributed by atoms with Crippen molar-refractivity contribution in [1.82, 2.24) is 69.8 Å². The highest BCUT2D eigenvalue weighted by Gasteiger charge is 2.36. The predicted molar refractivity (Wildman–Crippen MR) is 439 cm³/mol. The Kier molecular flexibility index (Phi) is 19.0. The second-order valence-electron chi connectivity index (χ2n) is 30.2. The molecule has 0 amide bonds. The van der Waals surface area contributed by atoms with E-state index in [0.29, 0.717) is 29.6 Å². The van der Waals surface area contributed by atoms with Gasteiger partial charge in [0, 0.05) is 137 Å². The van der Waals surface area contributed by atoms with E-state index < -0.39 is 0 Å². The maximum atomic E-state index is 5.52. The van der Waals surface area contributed by atoms with Crippen molar-refractivity contribution in [2.75, 3.05) is 61.1 Å². The number of aromatic amines is 5. The zero-order chi connectivity index (χ0) is 74.2. The highest BCUT2D eigenvalue weighted by Crippen LogP contribution is 2.47. The highest BCUT2D eigenvalue weighted by atomic mass is 16.5. The first-order valence-corrected chi connectivity index (χ1v) is 38.8. The number of aromatic nitrogens is 14. The predicted octanol–water partition coefficient (Wildman–Crippen LogP) is 18.5. The summed E-state index contributed by atoms with van der Waals surface area (Å²) >= 11 is 0. The summed E-state index contributed by atoms with van der Waals surface area (Å²) in [6.45, 7) is 9.88. The maximum absolute atomic E-state index is 5.52. The Labute approximate surface area is 640 Å². The number of terminal acetylenes is 2. The van der Waals surface area contributed by atoms with Gasteiger partial charge in [-0.3, -0.25) is 0 Å². The monoisotopic (exact) mass is 1450 g/mol. The number of allylic oxidation sites excluding steroid dienone is 1. The highest BCUT2D eigenvalue weighted by molar-refractivity contribution is 5.94. The van der Waals surface area contributed by atoms with Crippen molar-refractivity contribution in [3.63, 3.8) is 0 Å². The molecule has 546 valence electrons. The fraction of sp³-hybridized carbons (Fsp3) is 0.272. The molecule has 3 aliphatic carbocycles. The van der Waals surface area contributed by atoms with E-state index in [9.17, 15) is 0 Å². The van der Waals surface area contributed by atoms with Crippen LogP contribution in [0.25, 0.3) is 90.0 Å². The number of fused-ring (bicyclic) bond motifs is 3. The second-order valence-corrected chi connectivity index (χ2v) is 30.2. The summed E-state index contributed by atoms with van der Waals surface area (Å²) in [5.74, 6) is 15.2. The molecule has 8 aromatic heterocycles. The normalized spacial score (nSPS) is 16.0. The van der Waals surface area contributed by atoms with Crippen LogP contribution in [-0.4, -0.2) is 116 Å². The van der Waals surface area contributed by atoms with Crippen LogP contribution in [0.15, 0.2) is 189 Å². The van der Waals surface area contributed by atoms with Crippen molar-refractivity contribution < 1.29 is 4.74 Å². The molecule has 6 aromatic carbocycles. The Hall–Kier alpha value is -12.7. The molecule has 110 heavy (non-hydrogen) atoms. The van der Waals surface area contributed by atoms with Crippen molar-refractivity contribution in [2.24, 2.45) is 0 Å². The smallest absolute Gasteiger partial charge is 0.143 e. The number of benzene rings is 6. The molecule has 5 fully saturated rings. The van der Waals surface area contributed by atoms with Gasteiger partial charge in [0.2, 0.25) is 0 Å². The van der Waals surface area contributed by atoms with Gasteiger partial charge in [0.25, 0.3) is 0 Å². The summed E-state index contributed by atoms with van der Waals surface area (Å²) in [5, 5.41) is 2.14. The molecule has 20 rings (SSSR count). The maximum Gasteiger partial charge on any atom is 0.143 e. The van der Waals surface area contributed by atoms with Crippen molar-refractivity contribution in [2.45, 2.75) is 114 Å². The standard InChI is InChI=1S/C31H28N6.C31H29N5O.C30H30N6/c1-2-20-8-10-21(11-9-20)26-18-25-30(34-26)32-19-33-31(25)37-16-14-24(15-17-37)29-35-27(22-6-4-3-5-7-22)28(36-29)23-12-13-23;1-4-21-5-7-22(8-6-21)25-17-27-28(18-25)32-19-33-31(27)36-15-13-24(14-16-36)30-34-20(2)29(35-30)23-9-11-26(37-3)12-10-23;1-19-7-9-20(10-8-19)25-17-24-29(33-25)31-18-32-30(24)36-15-13-23(14-16-36)28-34-26(21-5-3-2-4-6-21)27(35-28)22-11-12-22/h1,3-11,18-19,23-24H,12-17H2,(H,35,36)(H,32,33,34);1,5-12,17,19,24H,13-16,18H2,2-3H3,(H,34,35);2-10,17-18,22-23H,11-16H2,1H3,(H,34,35)(H,31,32,33). The van der Waals surface area contributed by atoms with Crippen molar-refractivity contribution in [3.8, 4) is 86.7 Å². The van der Waals surface area contributed by atoms with Crippen LogP contribution >= 0.6 is 0 Å². The summed E-state index contributed by atoms with van der Waals surface area (Å²) in [5.41, 5.74) is 24.4. The number of H-pyrrole nitrogens is 5. The summed E-state index contributed by atoms with van der Waals surface area (Å²) in [7, 11) is 1.68. The van der Waals surface area contributed by atoms with E-state index in [1.807, 2.05) is 48.5 Å². The van der Waals surface area contributed by atoms with Crippen molar-refractivity contribution in [1.29, 1.82) is 0 Å². The van der Waals surface area contributed by atoms with Gasteiger partial charge in [-0.1, -0.05) is 127 Å². The number of piperidine rings is 3. The number of nitrogens with one attached hydrogen (secondary N) is 5. The van der Waals surface area contributed by atoms with Crippen LogP contribution in [0.5, 0.6) is 5.75 Å². The minimum atomic E-state index is 0.401. The number of rotatable bonds is 15. The number of aryl methyl sites for hydroxylation is 2. The minimum Gasteiger partial charge on any atom is -0.497 e. The molecule has 3 saturated heterocycles. The summed E-state index contributed by atoms with van der Waals surface area (Å²) in [6, 6.07) is 58.5. The third-order valence-electron chi connectivity index (χ3n) is 23.0. The number of ether oxygens (including phenoxy) is 1. The van der Waals surface area contributed by atoms with Crippen LogP contribution in [0, 0.1) is 38.5 Å². The first-order chi connectivity index (χ1) is 54.1. The minimum absolute atomic E-state index is 0.401. The van der Waals surface area contributed by atoms with Gasteiger partial charge in [0.15, 0.2) is 0 Å². The lowest BCUT2D eigenvalue weighted by atomic mass is 9.96. The molecule has 6 aliphatic rings. The molecule has 0 unspecified atom stereocenters. The average molecular weight is 1450 g/mol. The number of imidazole rings is 3. The number of methoxy groups -OCH3 is 1. The van der Waals surface area contributed by atoms with Crippen LogP contribution < -0.4 is 19.4 Å². The van der Waals surface area contributed by atoms with Crippen LogP contribution in [0.4, 0.5) is 17.5 Å². The Morgan fingerprint density at radius 3 is 1.27 bits per heavy atom. The SMILES string of the molecule is C#Cc1ccc(-c2cc3c(N4CCC(c5nc(-c6ccccc6)c(C6CC6)[nH]5)CC4)ncnc3[nH]2)cc1.C#Cc1ccc(C2=Cc3c(ncnc3N3CCC(c4nc(-c5ccc(OC)cc5)c(C)[nH]4)CC3)C2)cc1.Cc1ccc(-c2cc3c(N4CCC(c5nc(-c6ccccc6)c(C6CC6)[nH]5)CC4)ncnc3[nH]2)cc1. The van der Waals surface area contributed by atoms with Gasteiger partial charge in [-0.15, -0.1) is 12.8 Å². The van der Waals surface area contributed by atoms with E-state index in [-0.39, 0.29) is 0 Å². The number of nitrogens with zero attached hydrogens (tertiary/aromatic N) is 12. The van der Waals surface area contributed by atoms with Gasteiger partial charge in [-0.05, 0) is 167 Å². The van der Waals surface area contributed by atoms with Crippen molar-refractivity contribution in [3.05, 3.63) is 257 Å². The summed E-state index contributed by atoms with van der Waals surface area (Å²) < 4.78 is 5.29. The molecule has 18 heteroatoms. The zero-order valence-corrected chi connectivity index (χ0v) is 62.3. The van der Waals surface area contributed by atoms with Crippen molar-refractivity contribution >= 4 is 51.2 Å². The lowest BCUT2D eigenvalue weighted by Gasteiger charge is -2.32. The summed E-state index contributed by atoms with van der Waals surface area (Å²) in [6.07, 6.45) is 30.5. The number of hydrogen-bond acceptors (Lipinski definition) is 13. The largest absolute Gasteiger partial charge is 0.497 e. The molecule has 0 spiro atoms. The van der Waals surface area contributed by atoms with Crippen LogP contribution in [-0.2, 0) is 6.42 Å². The van der Waals surface area contributed by atoms with E-state index in [1.54, 1.807) is 26.1 Å². The van der Waals surface area contributed by atoms with Crippen LogP contribution in [0.2, 0.25) is 0 Å². The summed E-state index contributed by atoms with van der Waals surface area (Å²) in [4.78, 5) is 68.3. The molecule has 14 aromatic rings. The molecule has 2 saturated carbocycles. The lowest BCUT2D eigenvalue weighted by molar-refractivity contribution is 0.415. The van der Waals surface area contributed by atoms with Gasteiger partial charge in [-0.2, -0.15) is 0 Å². The quantitative estimate of drug-likeness (QED) is 0.0605. The number of anilines is 3. The van der Waals surface area contributed by atoms with E-state index in [0.717, 1.165) is 215 Å². The topological polar surface area (TPSA) is 214 Å². The average Bonchev–Trinajstić information content (AvgIpc) is 1.63. The van der Waals surface area contributed by atoms with Gasteiger partial charge in [-0.25, -0.2) is 44.9 Å². The fourth-order valence-corrected chi connectivity index (χ4v) is 16.4. The Morgan fingerprint density at radius 2 is 0.809 bits per heavy atom. The van der Waals surface area contributed by atoms with Gasteiger partial charge >= 0.3 is 0 Å². The third kappa shape index (κ3) is 14.3. The van der Waals surface area contributed by atoms with Gasteiger partial charge < -0.3 is 44.4 Å². The molecule has 0 bridgehead atoms. The van der Waals surface area contributed by atoms with Crippen LogP contribution in [0.3, 0.4) is 0 Å². The Balaban J connectivity index is 0.000000116. The molecule has 18 nitrogen and oxygen atoms in total.